The van der Waals surface area contributed by atoms with Crippen LogP contribution in [0.15, 0.2) is 60.0 Å². The molecule has 266 valence electrons. The molecule has 4 aromatic heterocycles. The molecule has 1 amide bonds. The quantitative estimate of drug-likeness (QED) is 0.214. The minimum atomic E-state index is -5.08. The van der Waals surface area contributed by atoms with Gasteiger partial charge in [-0.3, -0.25) is 23.8 Å². The maximum Gasteiger partial charge on any atom is 0.490 e. The first-order valence-corrected chi connectivity index (χ1v) is 16.2. The maximum atomic E-state index is 15.6. The zero-order valence-electron chi connectivity index (χ0n) is 27.1. The monoisotopic (exact) mass is 727 g/mol. The van der Waals surface area contributed by atoms with Crippen LogP contribution in [0.3, 0.4) is 0 Å². The number of carboxylic acids is 1. The van der Waals surface area contributed by atoms with E-state index in [2.05, 4.69) is 30.7 Å². The van der Waals surface area contributed by atoms with E-state index in [9.17, 15) is 22.8 Å². The highest BCUT2D eigenvalue weighted by Crippen LogP contribution is 2.40. The molecule has 1 aliphatic heterocycles. The van der Waals surface area contributed by atoms with E-state index >= 15 is 4.39 Å². The number of rotatable bonds is 4. The van der Waals surface area contributed by atoms with Crippen LogP contribution in [-0.4, -0.2) is 62.5 Å². The van der Waals surface area contributed by atoms with Crippen molar-refractivity contribution in [2.45, 2.75) is 57.2 Å². The number of aliphatic carboxylic acids is 1. The second-order valence-electron chi connectivity index (χ2n) is 12.3. The van der Waals surface area contributed by atoms with Gasteiger partial charge in [0.15, 0.2) is 5.82 Å². The van der Waals surface area contributed by atoms with Crippen LogP contribution in [0.25, 0.3) is 28.2 Å². The number of fused-ring (bicyclic) bond motifs is 4. The normalized spacial score (nSPS) is 17.7. The molecule has 0 spiro atoms. The molecule has 2 aliphatic rings. The second-order valence-corrected chi connectivity index (χ2v) is 12.7. The van der Waals surface area contributed by atoms with Gasteiger partial charge < -0.3 is 10.4 Å². The van der Waals surface area contributed by atoms with Gasteiger partial charge in [-0.25, -0.2) is 18.9 Å². The molecule has 0 saturated heterocycles. The van der Waals surface area contributed by atoms with Crippen LogP contribution in [0.5, 0.6) is 0 Å². The van der Waals surface area contributed by atoms with Gasteiger partial charge in [0.05, 0.1) is 69.5 Å². The van der Waals surface area contributed by atoms with Gasteiger partial charge in [0.1, 0.15) is 0 Å². The first kappa shape index (κ1) is 35.4. The maximum absolute atomic E-state index is 15.6. The van der Waals surface area contributed by atoms with Crippen molar-refractivity contribution < 1.29 is 32.3 Å². The Labute approximate surface area is 291 Å². The van der Waals surface area contributed by atoms with E-state index in [-0.39, 0.29) is 33.7 Å². The van der Waals surface area contributed by atoms with Crippen molar-refractivity contribution in [2.75, 3.05) is 5.32 Å². The molecular weight excluding hydrogens is 698 g/mol. The molecule has 2 bridgehead atoms. The Morgan fingerprint density at radius 3 is 2.49 bits per heavy atom. The number of halogens is 5. The number of benzene rings is 1. The molecule has 2 atom stereocenters. The summed E-state index contributed by atoms with van der Waals surface area (Å²) in [5.41, 5.74) is 3.84. The molecule has 5 heterocycles. The number of amides is 1. The number of carbonyl (C=O) groups excluding carboxylic acids is 1. The number of carboxylic acid groups (broad SMARTS) is 1. The minimum Gasteiger partial charge on any atom is -0.475 e. The van der Waals surface area contributed by atoms with Crippen LogP contribution in [0, 0.1) is 11.7 Å². The number of carbonyl (C=O) groups is 2. The summed E-state index contributed by atoms with van der Waals surface area (Å²) < 4.78 is 52.0. The fourth-order valence-electron chi connectivity index (χ4n) is 5.80. The Bertz CT molecular complexity index is 2180. The van der Waals surface area contributed by atoms with E-state index in [1.807, 2.05) is 19.1 Å². The molecule has 1 aromatic carbocycles. The topological polar surface area (TPSA) is 163 Å². The number of anilines is 1. The largest absolute Gasteiger partial charge is 0.490 e. The molecule has 1 fully saturated rings. The summed E-state index contributed by atoms with van der Waals surface area (Å²) in [5.74, 6) is -3.44. The summed E-state index contributed by atoms with van der Waals surface area (Å²) in [5, 5.41) is 22.9. The smallest absolute Gasteiger partial charge is 0.475 e. The van der Waals surface area contributed by atoms with Crippen LogP contribution >= 0.6 is 11.6 Å². The van der Waals surface area contributed by atoms with Gasteiger partial charge in [-0.1, -0.05) is 30.2 Å². The lowest BCUT2D eigenvalue weighted by molar-refractivity contribution is -0.192. The van der Waals surface area contributed by atoms with Crippen molar-refractivity contribution in [3.63, 3.8) is 0 Å². The molecule has 18 heteroatoms. The molecule has 51 heavy (non-hydrogen) atoms. The van der Waals surface area contributed by atoms with E-state index < -0.39 is 24.0 Å². The molecule has 0 radical (unpaired) electrons. The summed E-state index contributed by atoms with van der Waals surface area (Å²) >= 11 is 6.19. The zero-order valence-corrected chi connectivity index (χ0v) is 27.9. The van der Waals surface area contributed by atoms with Gasteiger partial charge in [-0.15, -0.1) is 5.10 Å². The highest BCUT2D eigenvalue weighted by molar-refractivity contribution is 6.31. The summed E-state index contributed by atoms with van der Waals surface area (Å²) in [6, 6.07) is 7.68. The number of nitrogens with one attached hydrogen (secondary N) is 1. The van der Waals surface area contributed by atoms with E-state index in [0.717, 1.165) is 29.8 Å². The van der Waals surface area contributed by atoms with Gasteiger partial charge in [-0.2, -0.15) is 18.3 Å². The van der Waals surface area contributed by atoms with Crippen molar-refractivity contribution in [1.29, 1.82) is 0 Å². The van der Waals surface area contributed by atoms with Gasteiger partial charge in [-0.05, 0) is 49.9 Å². The molecular formula is C33H30ClF4N9O4. The van der Waals surface area contributed by atoms with E-state index in [4.69, 9.17) is 21.5 Å². The van der Waals surface area contributed by atoms with Crippen LogP contribution in [0.2, 0.25) is 5.02 Å². The average Bonchev–Trinajstić information content (AvgIpc) is 3.71. The van der Waals surface area contributed by atoms with Crippen molar-refractivity contribution in [3.8, 4) is 28.2 Å². The van der Waals surface area contributed by atoms with E-state index in [1.165, 1.54) is 27.7 Å². The molecule has 1 saturated carbocycles. The van der Waals surface area contributed by atoms with Crippen LogP contribution in [0.1, 0.15) is 62.4 Å². The third-order valence-corrected chi connectivity index (χ3v) is 8.94. The molecule has 2 N–H and O–H groups in total. The van der Waals surface area contributed by atoms with E-state index in [0.29, 0.717) is 42.2 Å². The van der Waals surface area contributed by atoms with Crippen molar-refractivity contribution >= 4 is 29.2 Å². The Morgan fingerprint density at radius 2 is 1.80 bits per heavy atom. The summed E-state index contributed by atoms with van der Waals surface area (Å²) in [6.45, 7) is 1.88. The highest BCUT2D eigenvalue weighted by Gasteiger charge is 2.38. The first-order valence-electron chi connectivity index (χ1n) is 15.8. The number of pyridine rings is 1. The summed E-state index contributed by atoms with van der Waals surface area (Å²) in [6.07, 6.45) is 5.33. The Morgan fingerprint density at radius 1 is 1.06 bits per heavy atom. The van der Waals surface area contributed by atoms with E-state index in [1.54, 1.807) is 36.4 Å². The minimum absolute atomic E-state index is 0.0661. The predicted octanol–water partition coefficient (Wildman–Crippen LogP) is 5.94. The average molecular weight is 728 g/mol. The summed E-state index contributed by atoms with van der Waals surface area (Å²) in [7, 11) is 1.81. The molecule has 13 nitrogen and oxygen atoms in total. The number of alkyl halides is 3. The fourth-order valence-corrected chi connectivity index (χ4v) is 5.96. The van der Waals surface area contributed by atoms with Crippen molar-refractivity contribution in [3.05, 3.63) is 87.8 Å². The molecule has 1 aliphatic carbocycles. The number of nitrogens with zero attached hydrogens (tertiary/aromatic N) is 8. The van der Waals surface area contributed by atoms with Crippen LogP contribution < -0.4 is 10.9 Å². The molecule has 7 rings (SSSR count). The summed E-state index contributed by atoms with van der Waals surface area (Å²) in [4.78, 5) is 44.8. The third kappa shape index (κ3) is 7.52. The standard InChI is InChI=1S/C31H29ClFN9O2.C2HF3O2/c1-17-4-3-5-25(21-12-19(10-11-34-21)30-23(37-31(17)44)14-36-40(30)2)41-16-35-22(13-27(41)43)28-26(9-8-20(32)29(28)33)42-15-24(38-39-42)18-6-7-18;3-2(4,5)1(6)7/h8-18,25H,3-7H2,1-2H3,(H,37,44);(H,6,7)/t17-,25+;/m1./s1. The van der Waals surface area contributed by atoms with Crippen molar-refractivity contribution in [2.24, 2.45) is 13.0 Å². The van der Waals surface area contributed by atoms with Gasteiger partial charge in [0.25, 0.3) is 5.56 Å². The van der Waals surface area contributed by atoms with Crippen LogP contribution in [-0.2, 0) is 16.6 Å². The van der Waals surface area contributed by atoms with Crippen LogP contribution in [0.4, 0.5) is 23.2 Å². The van der Waals surface area contributed by atoms with Gasteiger partial charge >= 0.3 is 12.1 Å². The lowest BCUT2D eigenvalue weighted by atomic mass is 9.97. The Kier molecular flexibility index (Phi) is 9.75. The molecule has 0 unspecified atom stereocenters. The van der Waals surface area contributed by atoms with Crippen molar-refractivity contribution in [1.82, 2.24) is 39.3 Å². The Hall–Kier alpha value is -5.45. The second kappa shape index (κ2) is 14.0. The zero-order chi connectivity index (χ0) is 36.6. The van der Waals surface area contributed by atoms with Gasteiger partial charge in [0.2, 0.25) is 5.91 Å². The number of aryl methyl sites for hydroxylation is 1. The Balaban J connectivity index is 0.000000582. The fraction of sp³-hybridized carbons (Fsp3) is 0.333. The van der Waals surface area contributed by atoms with Gasteiger partial charge in [0, 0.05) is 36.7 Å². The lowest BCUT2D eigenvalue weighted by Crippen LogP contribution is -2.27. The lowest BCUT2D eigenvalue weighted by Gasteiger charge is -2.22. The molecule has 5 aromatic rings. The SMILES string of the molecule is C[C@@H]1CCC[C@H](n2cnc(-c3c(-n4cc(C5CC5)nn4)ccc(Cl)c3F)cc2=O)c2cc(ccn2)-c2c(cnn2C)NC1=O.O=C(O)C(F)(F)F. The first-order chi connectivity index (χ1) is 24.2. The number of hydrogen-bond acceptors (Lipinski definition) is 8. The number of aromatic nitrogens is 8. The predicted molar refractivity (Wildman–Crippen MR) is 176 cm³/mol. The highest BCUT2D eigenvalue weighted by atomic mass is 35.5. The third-order valence-electron chi connectivity index (χ3n) is 8.65. The number of hydrogen-bond donors (Lipinski definition) is 2.